The fourth-order valence-corrected chi connectivity index (χ4v) is 1.13. The van der Waals surface area contributed by atoms with Gasteiger partial charge in [-0.1, -0.05) is 6.07 Å². The zero-order chi connectivity index (χ0) is 9.80. The highest BCUT2D eigenvalue weighted by Gasteiger charge is 2.06. The van der Waals surface area contributed by atoms with Gasteiger partial charge in [-0.15, -0.1) is 10.2 Å². The number of nitrogens with one attached hydrogen (secondary N) is 1. The van der Waals surface area contributed by atoms with E-state index in [0.29, 0.717) is 11.5 Å². The second kappa shape index (κ2) is 3.78. The molecule has 2 rings (SSSR count). The second-order valence-electron chi connectivity index (χ2n) is 2.62. The Morgan fingerprint density at radius 1 is 1.21 bits per heavy atom. The van der Waals surface area contributed by atoms with Crippen molar-refractivity contribution in [1.29, 1.82) is 0 Å². The molecule has 0 fully saturated rings. The number of nitrogens with zero attached hydrogens (tertiary/aromatic N) is 4. The van der Waals surface area contributed by atoms with E-state index < -0.39 is 0 Å². The first-order chi connectivity index (χ1) is 6.92. The SMILES string of the molecule is CNc1ncnnc1-c1ccccn1. The van der Waals surface area contributed by atoms with Crippen LogP contribution >= 0.6 is 0 Å². The van der Waals surface area contributed by atoms with Crippen molar-refractivity contribution in [2.45, 2.75) is 0 Å². The maximum Gasteiger partial charge on any atom is 0.157 e. The van der Waals surface area contributed by atoms with Gasteiger partial charge in [0.05, 0.1) is 5.69 Å². The fourth-order valence-electron chi connectivity index (χ4n) is 1.13. The molecule has 5 nitrogen and oxygen atoms in total. The van der Waals surface area contributed by atoms with E-state index in [0.717, 1.165) is 5.69 Å². The summed E-state index contributed by atoms with van der Waals surface area (Å²) < 4.78 is 0. The van der Waals surface area contributed by atoms with Crippen molar-refractivity contribution in [2.75, 3.05) is 12.4 Å². The molecule has 1 N–H and O–H groups in total. The van der Waals surface area contributed by atoms with Gasteiger partial charge in [0.2, 0.25) is 0 Å². The van der Waals surface area contributed by atoms with Crippen LogP contribution in [0.3, 0.4) is 0 Å². The van der Waals surface area contributed by atoms with Crippen LogP contribution in [0.5, 0.6) is 0 Å². The quantitative estimate of drug-likeness (QED) is 0.759. The fraction of sp³-hybridized carbons (Fsp3) is 0.111. The second-order valence-corrected chi connectivity index (χ2v) is 2.62. The van der Waals surface area contributed by atoms with E-state index in [1.54, 1.807) is 13.2 Å². The molecule has 0 spiro atoms. The average molecular weight is 187 g/mol. The molecular weight excluding hydrogens is 178 g/mol. The Labute approximate surface area is 81.3 Å². The highest BCUT2D eigenvalue weighted by molar-refractivity contribution is 5.66. The molecule has 0 unspecified atom stereocenters. The van der Waals surface area contributed by atoms with Crippen LogP contribution in [0.25, 0.3) is 11.4 Å². The molecule has 2 aromatic rings. The molecule has 0 saturated carbocycles. The molecule has 5 heteroatoms. The number of pyridine rings is 1. The van der Waals surface area contributed by atoms with Crippen LogP contribution in [0.1, 0.15) is 0 Å². The summed E-state index contributed by atoms with van der Waals surface area (Å²) in [4.78, 5) is 8.22. The van der Waals surface area contributed by atoms with Gasteiger partial charge in [-0.25, -0.2) is 4.98 Å². The van der Waals surface area contributed by atoms with Gasteiger partial charge in [-0.3, -0.25) is 4.98 Å². The van der Waals surface area contributed by atoms with Crippen LogP contribution in [0, 0.1) is 0 Å². The van der Waals surface area contributed by atoms with Gasteiger partial charge in [0.15, 0.2) is 11.5 Å². The van der Waals surface area contributed by atoms with Crippen molar-refractivity contribution in [3.05, 3.63) is 30.7 Å². The molecule has 0 bridgehead atoms. The Hall–Kier alpha value is -2.04. The van der Waals surface area contributed by atoms with Crippen LogP contribution in [0.2, 0.25) is 0 Å². The number of rotatable bonds is 2. The van der Waals surface area contributed by atoms with Crippen molar-refractivity contribution < 1.29 is 0 Å². The Balaban J connectivity index is 2.51. The lowest BCUT2D eigenvalue weighted by Crippen LogP contribution is -2.00. The molecule has 0 aliphatic rings. The Morgan fingerprint density at radius 2 is 2.14 bits per heavy atom. The van der Waals surface area contributed by atoms with E-state index in [4.69, 9.17) is 0 Å². The summed E-state index contributed by atoms with van der Waals surface area (Å²) in [5.74, 6) is 0.679. The lowest BCUT2D eigenvalue weighted by Gasteiger charge is -2.03. The highest BCUT2D eigenvalue weighted by atomic mass is 15.2. The molecule has 0 atom stereocenters. The lowest BCUT2D eigenvalue weighted by atomic mass is 10.3. The van der Waals surface area contributed by atoms with Crippen molar-refractivity contribution in [1.82, 2.24) is 20.2 Å². The number of hydrogen-bond acceptors (Lipinski definition) is 5. The third-order valence-corrected chi connectivity index (χ3v) is 1.76. The molecule has 0 saturated heterocycles. The van der Waals surface area contributed by atoms with Gasteiger partial charge in [-0.2, -0.15) is 0 Å². The first-order valence-corrected chi connectivity index (χ1v) is 4.18. The van der Waals surface area contributed by atoms with E-state index in [1.165, 1.54) is 6.33 Å². The van der Waals surface area contributed by atoms with E-state index in [9.17, 15) is 0 Å². The van der Waals surface area contributed by atoms with Gasteiger partial charge in [-0.05, 0) is 12.1 Å². The summed E-state index contributed by atoms with van der Waals surface area (Å²) in [6.07, 6.45) is 3.11. The molecule has 14 heavy (non-hydrogen) atoms. The van der Waals surface area contributed by atoms with Crippen LogP contribution in [-0.4, -0.2) is 27.2 Å². The average Bonchev–Trinajstić information content (AvgIpc) is 2.30. The van der Waals surface area contributed by atoms with Crippen LogP contribution in [-0.2, 0) is 0 Å². The summed E-state index contributed by atoms with van der Waals surface area (Å²) >= 11 is 0. The number of hydrogen-bond donors (Lipinski definition) is 1. The van der Waals surface area contributed by atoms with E-state index in [-0.39, 0.29) is 0 Å². The Bertz CT molecular complexity index is 415. The molecule has 0 aliphatic heterocycles. The maximum atomic E-state index is 4.18. The summed E-state index contributed by atoms with van der Waals surface area (Å²) in [5, 5.41) is 10.7. The highest BCUT2D eigenvalue weighted by Crippen LogP contribution is 2.18. The zero-order valence-corrected chi connectivity index (χ0v) is 7.68. The maximum absolute atomic E-state index is 4.18. The monoisotopic (exact) mass is 187 g/mol. The molecular formula is C9H9N5. The van der Waals surface area contributed by atoms with E-state index >= 15 is 0 Å². The number of anilines is 1. The zero-order valence-electron chi connectivity index (χ0n) is 7.68. The normalized spacial score (nSPS) is 9.79. The van der Waals surface area contributed by atoms with Gasteiger partial charge in [0, 0.05) is 13.2 Å². The molecule has 70 valence electrons. The first-order valence-electron chi connectivity index (χ1n) is 4.18. The predicted molar refractivity (Wildman–Crippen MR) is 52.6 cm³/mol. The van der Waals surface area contributed by atoms with Crippen molar-refractivity contribution in [3.8, 4) is 11.4 Å². The first kappa shape index (κ1) is 8.55. The van der Waals surface area contributed by atoms with Gasteiger partial charge in [0.1, 0.15) is 6.33 Å². The molecule has 0 radical (unpaired) electrons. The molecule has 0 aliphatic carbocycles. The standard InChI is InChI=1S/C9H9N5/c1-10-9-8(14-13-6-12-9)7-4-2-3-5-11-7/h2-6H,1H3,(H,10,12,13). The number of aromatic nitrogens is 4. The third-order valence-electron chi connectivity index (χ3n) is 1.76. The predicted octanol–water partition coefficient (Wildman–Crippen LogP) is 0.975. The Kier molecular flexibility index (Phi) is 2.31. The lowest BCUT2D eigenvalue weighted by molar-refractivity contribution is 0.971. The van der Waals surface area contributed by atoms with Gasteiger partial charge < -0.3 is 5.32 Å². The van der Waals surface area contributed by atoms with Crippen LogP contribution in [0.15, 0.2) is 30.7 Å². The topological polar surface area (TPSA) is 63.6 Å². The summed E-state index contributed by atoms with van der Waals surface area (Å²) in [7, 11) is 1.79. The molecule has 2 aromatic heterocycles. The largest absolute Gasteiger partial charge is 0.371 e. The van der Waals surface area contributed by atoms with Gasteiger partial charge in [0.25, 0.3) is 0 Å². The molecule has 0 amide bonds. The minimum absolute atomic E-state index is 0.663. The summed E-state index contributed by atoms with van der Waals surface area (Å²) in [6, 6.07) is 5.62. The molecule has 2 heterocycles. The summed E-state index contributed by atoms with van der Waals surface area (Å²) in [6.45, 7) is 0. The van der Waals surface area contributed by atoms with Crippen LogP contribution in [0.4, 0.5) is 5.82 Å². The van der Waals surface area contributed by atoms with E-state index in [2.05, 4.69) is 25.5 Å². The van der Waals surface area contributed by atoms with Crippen molar-refractivity contribution >= 4 is 5.82 Å². The van der Waals surface area contributed by atoms with Crippen molar-refractivity contribution in [3.63, 3.8) is 0 Å². The minimum atomic E-state index is 0.663. The third kappa shape index (κ3) is 1.52. The smallest absolute Gasteiger partial charge is 0.157 e. The molecule has 0 aromatic carbocycles. The van der Waals surface area contributed by atoms with Crippen LogP contribution < -0.4 is 5.32 Å². The van der Waals surface area contributed by atoms with E-state index in [1.807, 2.05) is 18.2 Å². The van der Waals surface area contributed by atoms with Gasteiger partial charge >= 0.3 is 0 Å². The Morgan fingerprint density at radius 3 is 2.86 bits per heavy atom. The minimum Gasteiger partial charge on any atom is -0.371 e. The van der Waals surface area contributed by atoms with Crippen molar-refractivity contribution in [2.24, 2.45) is 0 Å². The summed E-state index contributed by atoms with van der Waals surface area (Å²) in [5.41, 5.74) is 1.42.